The number of halogens is 2. The minimum atomic E-state index is -1.09. The SMILES string of the molecule is FC(I)n1cc(S)cn1. The zero-order valence-electron chi connectivity index (χ0n) is 4.33. The molecule has 0 bridgehead atoms. The third kappa shape index (κ3) is 1.82. The second-order valence-electron chi connectivity index (χ2n) is 1.46. The number of thiol groups is 1. The van der Waals surface area contributed by atoms with Crippen LogP contribution in [0.25, 0.3) is 0 Å². The lowest BCUT2D eigenvalue weighted by Crippen LogP contribution is -1.94. The van der Waals surface area contributed by atoms with Gasteiger partial charge in [-0.3, -0.25) is 0 Å². The molecule has 1 unspecified atom stereocenters. The Kier molecular flexibility index (Phi) is 2.34. The standard InChI is InChI=1S/C4H4FIN2S/c5-4(6)8-2-3(9)1-7-8/h1-2,4,9H. The van der Waals surface area contributed by atoms with Gasteiger partial charge in [-0.15, -0.1) is 12.6 Å². The van der Waals surface area contributed by atoms with Crippen LogP contribution in [0.5, 0.6) is 0 Å². The van der Waals surface area contributed by atoms with Crippen molar-refractivity contribution in [3.63, 3.8) is 0 Å². The van der Waals surface area contributed by atoms with Crippen LogP contribution >= 0.6 is 35.2 Å². The van der Waals surface area contributed by atoms with Gasteiger partial charge in [0.25, 0.3) is 0 Å². The van der Waals surface area contributed by atoms with Crippen molar-refractivity contribution in [2.45, 2.75) is 9.20 Å². The van der Waals surface area contributed by atoms with Crippen molar-refractivity contribution in [2.75, 3.05) is 0 Å². The second kappa shape index (κ2) is 2.87. The first kappa shape index (κ1) is 7.33. The summed E-state index contributed by atoms with van der Waals surface area (Å²) in [7, 11) is 0. The molecule has 1 aromatic rings. The molecular weight excluding hydrogens is 254 g/mol. The Balaban J connectivity index is 2.85. The molecule has 0 aliphatic carbocycles. The molecule has 9 heavy (non-hydrogen) atoms. The maximum Gasteiger partial charge on any atom is 0.241 e. The van der Waals surface area contributed by atoms with Crippen molar-refractivity contribution in [3.8, 4) is 0 Å². The second-order valence-corrected chi connectivity index (χ2v) is 3.00. The molecule has 1 heterocycles. The molecular formula is C4H4FIN2S. The summed E-state index contributed by atoms with van der Waals surface area (Å²) in [6.45, 7) is 0. The van der Waals surface area contributed by atoms with Crippen LogP contribution in [0.15, 0.2) is 17.3 Å². The topological polar surface area (TPSA) is 17.8 Å². The van der Waals surface area contributed by atoms with Gasteiger partial charge in [0, 0.05) is 11.1 Å². The van der Waals surface area contributed by atoms with E-state index >= 15 is 0 Å². The summed E-state index contributed by atoms with van der Waals surface area (Å²) >= 11 is 5.57. The minimum Gasteiger partial charge on any atom is -0.229 e. The fraction of sp³-hybridized carbons (Fsp3) is 0.250. The van der Waals surface area contributed by atoms with E-state index < -0.39 is 4.30 Å². The van der Waals surface area contributed by atoms with E-state index in [0.29, 0.717) is 4.90 Å². The Morgan fingerprint density at radius 2 is 2.56 bits per heavy atom. The fourth-order valence-electron chi connectivity index (χ4n) is 0.435. The molecule has 5 heteroatoms. The summed E-state index contributed by atoms with van der Waals surface area (Å²) in [4.78, 5) is 0.675. The molecule has 0 saturated carbocycles. The Morgan fingerprint density at radius 3 is 2.78 bits per heavy atom. The molecule has 0 radical (unpaired) electrons. The lowest BCUT2D eigenvalue weighted by molar-refractivity contribution is 0.355. The molecule has 0 spiro atoms. The van der Waals surface area contributed by atoms with E-state index in [0.717, 1.165) is 0 Å². The zero-order chi connectivity index (χ0) is 6.85. The normalized spacial score (nSPS) is 13.7. The van der Waals surface area contributed by atoms with E-state index in [4.69, 9.17) is 0 Å². The van der Waals surface area contributed by atoms with Gasteiger partial charge in [0.2, 0.25) is 4.30 Å². The van der Waals surface area contributed by atoms with Crippen LogP contribution in [0.1, 0.15) is 4.30 Å². The summed E-state index contributed by atoms with van der Waals surface area (Å²) in [5.41, 5.74) is 0. The quantitative estimate of drug-likeness (QED) is 0.463. The first-order valence-electron chi connectivity index (χ1n) is 2.21. The third-order valence-electron chi connectivity index (χ3n) is 0.788. The molecule has 0 saturated heterocycles. The number of rotatable bonds is 1. The fourth-order valence-corrected chi connectivity index (χ4v) is 0.909. The highest BCUT2D eigenvalue weighted by Gasteiger charge is 2.01. The van der Waals surface area contributed by atoms with Crippen LogP contribution in [0, 0.1) is 0 Å². The largest absolute Gasteiger partial charge is 0.241 e. The number of hydrogen-bond donors (Lipinski definition) is 1. The summed E-state index contributed by atoms with van der Waals surface area (Å²) in [5.74, 6) is 0. The van der Waals surface area contributed by atoms with Gasteiger partial charge in [0.15, 0.2) is 0 Å². The molecule has 50 valence electrons. The highest BCUT2D eigenvalue weighted by molar-refractivity contribution is 14.1. The number of aromatic nitrogens is 2. The lowest BCUT2D eigenvalue weighted by Gasteiger charge is -1.95. The van der Waals surface area contributed by atoms with Gasteiger partial charge >= 0.3 is 0 Å². The molecule has 0 aliphatic rings. The van der Waals surface area contributed by atoms with E-state index in [1.54, 1.807) is 22.6 Å². The van der Waals surface area contributed by atoms with Gasteiger partial charge in [-0.2, -0.15) is 5.10 Å². The molecule has 0 aliphatic heterocycles. The van der Waals surface area contributed by atoms with Crippen molar-refractivity contribution < 1.29 is 4.39 Å². The Hall–Kier alpha value is 0.220. The average molecular weight is 258 g/mol. The third-order valence-corrected chi connectivity index (χ3v) is 1.59. The Labute approximate surface area is 71.0 Å². The first-order chi connectivity index (χ1) is 4.20. The van der Waals surface area contributed by atoms with E-state index in [9.17, 15) is 4.39 Å². The monoisotopic (exact) mass is 258 g/mol. The minimum absolute atomic E-state index is 0.675. The van der Waals surface area contributed by atoms with Gasteiger partial charge in [-0.05, 0) is 22.6 Å². The lowest BCUT2D eigenvalue weighted by atomic mass is 10.7. The van der Waals surface area contributed by atoms with Gasteiger partial charge in [0.1, 0.15) is 0 Å². The maximum atomic E-state index is 12.3. The van der Waals surface area contributed by atoms with Gasteiger partial charge in [0.05, 0.1) is 6.20 Å². The van der Waals surface area contributed by atoms with Crippen molar-refractivity contribution in [3.05, 3.63) is 12.4 Å². The van der Waals surface area contributed by atoms with Crippen LogP contribution in [-0.4, -0.2) is 9.78 Å². The summed E-state index contributed by atoms with van der Waals surface area (Å²) in [6, 6.07) is 0. The van der Waals surface area contributed by atoms with Crippen molar-refractivity contribution in [1.82, 2.24) is 9.78 Å². The van der Waals surface area contributed by atoms with Crippen molar-refractivity contribution in [2.24, 2.45) is 0 Å². The van der Waals surface area contributed by atoms with Crippen LogP contribution < -0.4 is 0 Å². The molecule has 1 atom stereocenters. The molecule has 2 nitrogen and oxygen atoms in total. The van der Waals surface area contributed by atoms with E-state index in [-0.39, 0.29) is 0 Å². The predicted octanol–water partition coefficient (Wildman–Crippen LogP) is 2.03. The van der Waals surface area contributed by atoms with Crippen molar-refractivity contribution >= 4 is 35.2 Å². The summed E-state index contributed by atoms with van der Waals surface area (Å²) in [5, 5.41) is 3.67. The van der Waals surface area contributed by atoms with E-state index in [1.165, 1.54) is 17.1 Å². The summed E-state index contributed by atoms with van der Waals surface area (Å²) < 4.78 is 12.4. The van der Waals surface area contributed by atoms with E-state index in [2.05, 4.69) is 17.7 Å². The first-order valence-corrected chi connectivity index (χ1v) is 3.90. The number of nitrogens with zero attached hydrogens (tertiary/aromatic N) is 2. The number of alkyl halides is 2. The molecule has 1 aromatic heterocycles. The Bertz CT molecular complexity index is 200. The highest BCUT2D eigenvalue weighted by Crippen LogP contribution is 2.16. The molecule has 0 aromatic carbocycles. The van der Waals surface area contributed by atoms with Gasteiger partial charge < -0.3 is 0 Å². The Morgan fingerprint density at radius 1 is 1.89 bits per heavy atom. The maximum absolute atomic E-state index is 12.3. The predicted molar refractivity (Wildman–Crippen MR) is 43.6 cm³/mol. The van der Waals surface area contributed by atoms with Gasteiger partial charge in [-0.1, -0.05) is 0 Å². The zero-order valence-corrected chi connectivity index (χ0v) is 7.38. The highest BCUT2D eigenvalue weighted by atomic mass is 127. The molecule has 0 N–H and O–H groups in total. The van der Waals surface area contributed by atoms with Crippen LogP contribution in [0.2, 0.25) is 0 Å². The molecule has 1 rings (SSSR count). The average Bonchev–Trinajstić information content (AvgIpc) is 2.14. The van der Waals surface area contributed by atoms with Crippen LogP contribution in [-0.2, 0) is 0 Å². The smallest absolute Gasteiger partial charge is 0.229 e. The summed E-state index contributed by atoms with van der Waals surface area (Å²) in [6.07, 6.45) is 3.02. The number of hydrogen-bond acceptors (Lipinski definition) is 2. The van der Waals surface area contributed by atoms with E-state index in [1.807, 2.05) is 0 Å². The van der Waals surface area contributed by atoms with Crippen LogP contribution in [0.3, 0.4) is 0 Å². The molecule has 0 fully saturated rings. The van der Waals surface area contributed by atoms with Gasteiger partial charge in [-0.25, -0.2) is 9.07 Å². The molecule has 0 amide bonds. The van der Waals surface area contributed by atoms with Crippen molar-refractivity contribution in [1.29, 1.82) is 0 Å². The van der Waals surface area contributed by atoms with Crippen LogP contribution in [0.4, 0.5) is 4.39 Å².